The largest absolute Gasteiger partial charge is 0.369 e. The van der Waals surface area contributed by atoms with Gasteiger partial charge in [-0.1, -0.05) is 29.3 Å². The lowest BCUT2D eigenvalue weighted by Gasteiger charge is -2.13. The Balaban J connectivity index is 2.46. The first-order valence-corrected chi connectivity index (χ1v) is 5.91. The predicted octanol–water partition coefficient (Wildman–Crippen LogP) is 2.33. The number of halogens is 2. The van der Waals surface area contributed by atoms with Gasteiger partial charge in [0.25, 0.3) is 0 Å². The van der Waals surface area contributed by atoms with E-state index in [1.165, 1.54) is 6.92 Å². The maximum Gasteiger partial charge on any atom is 0.228 e. The fourth-order valence-corrected chi connectivity index (χ4v) is 2.56. The number of nitrogens with two attached hydrogens (primary N) is 1. The van der Waals surface area contributed by atoms with Gasteiger partial charge in [-0.15, -0.1) is 0 Å². The minimum Gasteiger partial charge on any atom is -0.369 e. The summed E-state index contributed by atoms with van der Waals surface area (Å²) in [6.07, 6.45) is 0.454. The number of carbonyl (C=O) groups is 2. The van der Waals surface area contributed by atoms with Crippen molar-refractivity contribution in [1.82, 2.24) is 0 Å². The van der Waals surface area contributed by atoms with Gasteiger partial charge in [-0.3, -0.25) is 9.59 Å². The highest BCUT2D eigenvalue weighted by molar-refractivity contribution is 6.42. The first kappa shape index (κ1) is 12.4. The van der Waals surface area contributed by atoms with Crippen molar-refractivity contribution in [3.63, 3.8) is 0 Å². The molecule has 0 bridgehead atoms. The molecule has 2 atom stereocenters. The Morgan fingerprint density at radius 2 is 2.00 bits per heavy atom. The molecule has 90 valence electrons. The molecule has 5 heteroatoms. The molecule has 2 rings (SSSR count). The number of hydrogen-bond acceptors (Lipinski definition) is 2. The first-order valence-electron chi connectivity index (χ1n) is 5.15. The van der Waals surface area contributed by atoms with E-state index in [1.54, 1.807) is 18.2 Å². The van der Waals surface area contributed by atoms with E-state index < -0.39 is 11.3 Å². The van der Waals surface area contributed by atoms with Crippen LogP contribution in [0.4, 0.5) is 0 Å². The second-order valence-corrected chi connectivity index (χ2v) is 5.15. The Morgan fingerprint density at radius 3 is 2.41 bits per heavy atom. The molecule has 1 saturated carbocycles. The van der Waals surface area contributed by atoms with Crippen molar-refractivity contribution >= 4 is 34.9 Å². The monoisotopic (exact) mass is 271 g/mol. The summed E-state index contributed by atoms with van der Waals surface area (Å²) in [4.78, 5) is 23.0. The minimum atomic E-state index is -0.889. The summed E-state index contributed by atoms with van der Waals surface area (Å²) < 4.78 is 0. The Bertz CT molecular complexity index is 515. The van der Waals surface area contributed by atoms with Gasteiger partial charge in [0.05, 0.1) is 15.5 Å². The van der Waals surface area contributed by atoms with Crippen LogP contribution in [0.15, 0.2) is 18.2 Å². The van der Waals surface area contributed by atoms with Crippen LogP contribution < -0.4 is 5.73 Å². The topological polar surface area (TPSA) is 60.2 Å². The molecule has 1 aromatic rings. The lowest BCUT2D eigenvalue weighted by molar-refractivity contribution is -0.124. The van der Waals surface area contributed by atoms with Crippen LogP contribution in [0, 0.1) is 5.92 Å². The van der Waals surface area contributed by atoms with Crippen molar-refractivity contribution in [2.45, 2.75) is 18.8 Å². The molecule has 0 unspecified atom stereocenters. The van der Waals surface area contributed by atoms with Crippen LogP contribution in [0.1, 0.15) is 18.9 Å². The molecule has 1 aromatic carbocycles. The van der Waals surface area contributed by atoms with E-state index in [2.05, 4.69) is 0 Å². The zero-order chi connectivity index (χ0) is 12.8. The van der Waals surface area contributed by atoms with Crippen molar-refractivity contribution in [1.29, 1.82) is 0 Å². The summed E-state index contributed by atoms with van der Waals surface area (Å²) in [5, 5.41) is 0.772. The highest BCUT2D eigenvalue weighted by atomic mass is 35.5. The second-order valence-electron chi connectivity index (χ2n) is 4.33. The number of amides is 1. The third-order valence-electron chi connectivity index (χ3n) is 3.33. The number of ketones is 1. The molecule has 2 N–H and O–H groups in total. The SMILES string of the molecule is CC(=O)[C@H]1C[C@]1(C(N)=O)c1ccc(Cl)c(Cl)c1. The fraction of sp³-hybridized carbons (Fsp3) is 0.333. The van der Waals surface area contributed by atoms with Crippen molar-refractivity contribution in [3.8, 4) is 0 Å². The molecule has 1 amide bonds. The van der Waals surface area contributed by atoms with E-state index in [0.29, 0.717) is 22.0 Å². The van der Waals surface area contributed by atoms with Gasteiger partial charge >= 0.3 is 0 Å². The third kappa shape index (κ3) is 1.83. The fourth-order valence-electron chi connectivity index (χ4n) is 2.26. The molecule has 0 spiro atoms. The summed E-state index contributed by atoms with van der Waals surface area (Å²) in [5.74, 6) is -0.858. The molecular weight excluding hydrogens is 261 g/mol. The van der Waals surface area contributed by atoms with Crippen molar-refractivity contribution in [2.24, 2.45) is 11.7 Å². The van der Waals surface area contributed by atoms with E-state index in [4.69, 9.17) is 28.9 Å². The number of hydrogen-bond donors (Lipinski definition) is 1. The van der Waals surface area contributed by atoms with E-state index in [9.17, 15) is 9.59 Å². The molecule has 0 aromatic heterocycles. The van der Waals surface area contributed by atoms with Gasteiger partial charge in [-0.25, -0.2) is 0 Å². The lowest BCUT2D eigenvalue weighted by atomic mass is 9.91. The highest BCUT2D eigenvalue weighted by Gasteiger charge is 2.62. The molecule has 1 aliphatic rings. The van der Waals surface area contributed by atoms with Crippen LogP contribution in [0.5, 0.6) is 0 Å². The number of Topliss-reactive ketones (excluding diaryl/α,β-unsaturated/α-hetero) is 1. The highest BCUT2D eigenvalue weighted by Crippen LogP contribution is 2.55. The molecule has 0 saturated heterocycles. The van der Waals surface area contributed by atoms with E-state index in [0.717, 1.165) is 0 Å². The first-order chi connectivity index (χ1) is 7.89. The van der Waals surface area contributed by atoms with Gasteiger partial charge in [0.15, 0.2) is 0 Å². The normalized spacial score (nSPS) is 26.6. The van der Waals surface area contributed by atoms with Crippen molar-refractivity contribution in [2.75, 3.05) is 0 Å². The molecule has 1 aliphatic carbocycles. The van der Waals surface area contributed by atoms with Crippen LogP contribution in [0.2, 0.25) is 10.0 Å². The second kappa shape index (κ2) is 4.00. The summed E-state index contributed by atoms with van der Waals surface area (Å²) >= 11 is 11.7. The Morgan fingerprint density at radius 1 is 1.35 bits per heavy atom. The Hall–Kier alpha value is -1.06. The van der Waals surface area contributed by atoms with Gasteiger partial charge in [0.1, 0.15) is 5.78 Å². The maximum absolute atomic E-state index is 11.6. The molecule has 0 radical (unpaired) electrons. The van der Waals surface area contributed by atoms with Gasteiger partial charge in [-0.2, -0.15) is 0 Å². The third-order valence-corrected chi connectivity index (χ3v) is 4.07. The zero-order valence-electron chi connectivity index (χ0n) is 9.17. The summed E-state index contributed by atoms with van der Waals surface area (Å²) in [5.41, 5.74) is 5.19. The number of rotatable bonds is 3. The van der Waals surface area contributed by atoms with Crippen LogP contribution in [-0.2, 0) is 15.0 Å². The number of benzene rings is 1. The standard InChI is InChI=1S/C12H11Cl2NO2/c1-6(16)8-5-12(8,11(15)17)7-2-3-9(13)10(14)4-7/h2-4,8H,5H2,1H3,(H2,15,17)/t8-,12+/m1/s1. The average molecular weight is 272 g/mol. The molecule has 17 heavy (non-hydrogen) atoms. The summed E-state index contributed by atoms with van der Waals surface area (Å²) in [7, 11) is 0. The quantitative estimate of drug-likeness (QED) is 0.917. The molecule has 0 aliphatic heterocycles. The van der Waals surface area contributed by atoms with Gasteiger partial charge in [0.2, 0.25) is 5.91 Å². The van der Waals surface area contributed by atoms with Crippen LogP contribution >= 0.6 is 23.2 Å². The lowest BCUT2D eigenvalue weighted by Crippen LogP contribution is -2.31. The van der Waals surface area contributed by atoms with Gasteiger partial charge < -0.3 is 5.73 Å². The molecule has 1 fully saturated rings. The maximum atomic E-state index is 11.6. The van der Waals surface area contributed by atoms with E-state index in [-0.39, 0.29) is 11.7 Å². The van der Waals surface area contributed by atoms with Crippen molar-refractivity contribution < 1.29 is 9.59 Å². The van der Waals surface area contributed by atoms with Crippen molar-refractivity contribution in [3.05, 3.63) is 33.8 Å². The molecule has 0 heterocycles. The summed E-state index contributed by atoms with van der Waals surface area (Å²) in [6, 6.07) is 4.92. The number of carbonyl (C=O) groups excluding carboxylic acids is 2. The predicted molar refractivity (Wildman–Crippen MR) is 66.1 cm³/mol. The Labute approximate surface area is 109 Å². The van der Waals surface area contributed by atoms with Crippen LogP contribution in [0.25, 0.3) is 0 Å². The van der Waals surface area contributed by atoms with Crippen LogP contribution in [0.3, 0.4) is 0 Å². The zero-order valence-corrected chi connectivity index (χ0v) is 10.7. The van der Waals surface area contributed by atoms with Gasteiger partial charge in [-0.05, 0) is 31.0 Å². The minimum absolute atomic E-state index is 0.0325. The van der Waals surface area contributed by atoms with E-state index in [1.807, 2.05) is 0 Å². The molecule has 3 nitrogen and oxygen atoms in total. The Kier molecular flexibility index (Phi) is 2.92. The average Bonchev–Trinajstić information content (AvgIpc) is 2.98. The van der Waals surface area contributed by atoms with E-state index >= 15 is 0 Å². The number of primary amides is 1. The van der Waals surface area contributed by atoms with Crippen LogP contribution in [-0.4, -0.2) is 11.7 Å². The summed E-state index contributed by atoms with van der Waals surface area (Å²) in [6.45, 7) is 1.47. The molecular formula is C12H11Cl2NO2. The smallest absolute Gasteiger partial charge is 0.228 e. The van der Waals surface area contributed by atoms with Gasteiger partial charge in [0, 0.05) is 5.92 Å².